The molecule has 0 aliphatic heterocycles. The highest BCUT2D eigenvalue weighted by Gasteiger charge is 2.14. The number of nitrogens with one attached hydrogen (secondary N) is 1. The van der Waals surface area contributed by atoms with E-state index < -0.39 is 34.4 Å². The number of halogens is 2. The highest BCUT2D eigenvalue weighted by atomic mass is 19.1. The van der Waals surface area contributed by atoms with Crippen LogP contribution in [-0.2, 0) is 0 Å². The van der Waals surface area contributed by atoms with Crippen LogP contribution in [0.2, 0.25) is 0 Å². The van der Waals surface area contributed by atoms with Gasteiger partial charge >= 0.3 is 11.7 Å². The Balaban J connectivity index is 2.75. The van der Waals surface area contributed by atoms with E-state index in [1.165, 1.54) is 0 Å². The summed E-state index contributed by atoms with van der Waals surface area (Å²) < 4.78 is 26.8. The Morgan fingerprint density at radius 2 is 1.95 bits per heavy atom. The number of rotatable bonds is 2. The fourth-order valence-electron chi connectivity index (χ4n) is 1.48. The third-order valence-electron chi connectivity index (χ3n) is 2.34. The third kappa shape index (κ3) is 2.28. The van der Waals surface area contributed by atoms with Crippen LogP contribution < -0.4 is 11.2 Å². The second-order valence-corrected chi connectivity index (χ2v) is 3.57. The maximum Gasteiger partial charge on any atom is 0.342 e. The van der Waals surface area contributed by atoms with Gasteiger partial charge in [0.25, 0.3) is 5.56 Å². The van der Waals surface area contributed by atoms with Gasteiger partial charge in [-0.2, -0.15) is 0 Å². The van der Waals surface area contributed by atoms with E-state index >= 15 is 0 Å². The van der Waals surface area contributed by atoms with Crippen molar-refractivity contribution in [3.8, 4) is 5.69 Å². The maximum absolute atomic E-state index is 13.5. The summed E-state index contributed by atoms with van der Waals surface area (Å²) in [5, 5.41) is 8.75. The number of benzene rings is 1. The van der Waals surface area contributed by atoms with Crippen molar-refractivity contribution in [2.75, 3.05) is 0 Å². The topological polar surface area (TPSA) is 92.2 Å². The van der Waals surface area contributed by atoms with E-state index in [2.05, 4.69) is 0 Å². The number of aromatic nitrogens is 2. The Labute approximate surface area is 103 Å². The Hall–Kier alpha value is -2.77. The van der Waals surface area contributed by atoms with Crippen LogP contribution in [0.25, 0.3) is 5.69 Å². The molecule has 0 atom stereocenters. The molecule has 19 heavy (non-hydrogen) atoms. The van der Waals surface area contributed by atoms with Crippen LogP contribution in [0, 0.1) is 11.6 Å². The molecule has 0 saturated heterocycles. The van der Waals surface area contributed by atoms with E-state index in [1.54, 1.807) is 4.98 Å². The summed E-state index contributed by atoms with van der Waals surface area (Å²) >= 11 is 0. The van der Waals surface area contributed by atoms with Gasteiger partial charge in [0.15, 0.2) is 0 Å². The first-order valence-corrected chi connectivity index (χ1v) is 4.95. The lowest BCUT2D eigenvalue weighted by molar-refractivity contribution is 0.0694. The Kier molecular flexibility index (Phi) is 2.99. The standard InChI is InChI=1S/C11H6F2N2O4/c12-5-1-2-8(7(13)3-5)15-4-6(10(17)18)9(16)14-11(15)19/h1-4H,(H,17,18)(H,14,16,19). The lowest BCUT2D eigenvalue weighted by Crippen LogP contribution is -2.32. The highest BCUT2D eigenvalue weighted by Crippen LogP contribution is 2.12. The smallest absolute Gasteiger partial charge is 0.342 e. The minimum atomic E-state index is -1.57. The molecule has 2 rings (SSSR count). The van der Waals surface area contributed by atoms with Crippen molar-refractivity contribution in [2.45, 2.75) is 0 Å². The average molecular weight is 268 g/mol. The molecule has 2 N–H and O–H groups in total. The van der Waals surface area contributed by atoms with Crippen LogP contribution in [-0.4, -0.2) is 20.6 Å². The van der Waals surface area contributed by atoms with Crippen molar-refractivity contribution >= 4 is 5.97 Å². The predicted molar refractivity (Wildman–Crippen MR) is 59.5 cm³/mol. The van der Waals surface area contributed by atoms with Gasteiger partial charge < -0.3 is 5.11 Å². The Morgan fingerprint density at radius 1 is 1.26 bits per heavy atom. The van der Waals surface area contributed by atoms with Crippen LogP contribution in [0.15, 0.2) is 34.0 Å². The van der Waals surface area contributed by atoms with Crippen LogP contribution in [0.3, 0.4) is 0 Å². The number of carboxylic acids is 1. The van der Waals surface area contributed by atoms with Gasteiger partial charge in [0.2, 0.25) is 0 Å². The van der Waals surface area contributed by atoms with Gasteiger partial charge in [-0.1, -0.05) is 0 Å². The number of H-pyrrole nitrogens is 1. The lowest BCUT2D eigenvalue weighted by Gasteiger charge is -2.07. The van der Waals surface area contributed by atoms with Crippen LogP contribution in [0.1, 0.15) is 10.4 Å². The normalized spacial score (nSPS) is 10.4. The summed E-state index contributed by atoms with van der Waals surface area (Å²) in [6, 6.07) is 2.39. The van der Waals surface area contributed by atoms with Crippen molar-refractivity contribution in [3.63, 3.8) is 0 Å². The molecule has 0 aliphatic rings. The molecule has 0 bridgehead atoms. The van der Waals surface area contributed by atoms with Gasteiger partial charge in [-0.25, -0.2) is 18.4 Å². The molecular formula is C11H6F2N2O4. The van der Waals surface area contributed by atoms with Crippen molar-refractivity contribution in [1.29, 1.82) is 0 Å². The predicted octanol–water partition coefficient (Wildman–Crippen LogP) is 0.502. The maximum atomic E-state index is 13.5. The van der Waals surface area contributed by atoms with Gasteiger partial charge in [0, 0.05) is 12.3 Å². The first-order chi connectivity index (χ1) is 8.90. The van der Waals surface area contributed by atoms with Crippen LogP contribution in [0.4, 0.5) is 8.78 Å². The zero-order valence-corrected chi connectivity index (χ0v) is 9.18. The molecule has 0 radical (unpaired) electrons. The number of carbonyl (C=O) groups is 1. The quantitative estimate of drug-likeness (QED) is 0.829. The summed E-state index contributed by atoms with van der Waals surface area (Å²) in [4.78, 5) is 35.2. The zero-order chi connectivity index (χ0) is 14.2. The molecule has 1 aromatic heterocycles. The molecule has 0 saturated carbocycles. The van der Waals surface area contributed by atoms with E-state index in [0.29, 0.717) is 16.8 Å². The van der Waals surface area contributed by atoms with Gasteiger partial charge in [-0.15, -0.1) is 0 Å². The molecule has 8 heteroatoms. The molecule has 0 unspecified atom stereocenters. The van der Waals surface area contributed by atoms with Gasteiger partial charge in [-0.05, 0) is 12.1 Å². The lowest BCUT2D eigenvalue weighted by atomic mass is 10.2. The highest BCUT2D eigenvalue weighted by molar-refractivity contribution is 5.86. The fraction of sp³-hybridized carbons (Fsp3) is 0. The molecule has 1 aromatic carbocycles. The number of aromatic amines is 1. The number of nitrogens with zero attached hydrogens (tertiary/aromatic N) is 1. The van der Waals surface area contributed by atoms with E-state index in [-0.39, 0.29) is 5.69 Å². The molecule has 0 aliphatic carbocycles. The number of hydrogen-bond donors (Lipinski definition) is 2. The summed E-state index contributed by atoms with van der Waals surface area (Å²) in [6.45, 7) is 0. The molecular weight excluding hydrogens is 262 g/mol. The number of hydrogen-bond acceptors (Lipinski definition) is 3. The largest absolute Gasteiger partial charge is 0.477 e. The van der Waals surface area contributed by atoms with E-state index in [4.69, 9.17) is 5.11 Å². The first kappa shape index (κ1) is 12.7. The Morgan fingerprint density at radius 3 is 2.53 bits per heavy atom. The SMILES string of the molecule is O=C(O)c1cn(-c2ccc(F)cc2F)c(=O)[nH]c1=O. The fourth-order valence-corrected chi connectivity index (χ4v) is 1.48. The third-order valence-corrected chi connectivity index (χ3v) is 2.34. The molecule has 98 valence electrons. The first-order valence-electron chi connectivity index (χ1n) is 4.95. The second kappa shape index (κ2) is 4.48. The van der Waals surface area contributed by atoms with E-state index in [9.17, 15) is 23.2 Å². The van der Waals surface area contributed by atoms with Gasteiger partial charge in [0.05, 0.1) is 5.69 Å². The minimum Gasteiger partial charge on any atom is -0.477 e. The van der Waals surface area contributed by atoms with Crippen molar-refractivity contribution in [1.82, 2.24) is 9.55 Å². The number of carboxylic acid groups (broad SMARTS) is 1. The van der Waals surface area contributed by atoms with Crippen LogP contribution in [0.5, 0.6) is 0 Å². The zero-order valence-electron chi connectivity index (χ0n) is 9.18. The molecule has 0 spiro atoms. The van der Waals surface area contributed by atoms with Crippen molar-refractivity contribution in [2.24, 2.45) is 0 Å². The minimum absolute atomic E-state index is 0.370. The summed E-state index contributed by atoms with van der Waals surface area (Å²) in [5.74, 6) is -3.49. The molecule has 1 heterocycles. The number of aromatic carboxylic acids is 1. The monoisotopic (exact) mass is 268 g/mol. The van der Waals surface area contributed by atoms with Gasteiger partial charge in [-0.3, -0.25) is 14.3 Å². The average Bonchev–Trinajstić information content (AvgIpc) is 2.30. The molecule has 0 fully saturated rings. The van der Waals surface area contributed by atoms with Gasteiger partial charge in [0.1, 0.15) is 17.2 Å². The van der Waals surface area contributed by atoms with Crippen LogP contribution >= 0.6 is 0 Å². The van der Waals surface area contributed by atoms with Crippen molar-refractivity contribution in [3.05, 3.63) is 62.4 Å². The van der Waals surface area contributed by atoms with E-state index in [0.717, 1.165) is 12.1 Å². The van der Waals surface area contributed by atoms with E-state index in [1.807, 2.05) is 0 Å². The molecule has 2 aromatic rings. The summed E-state index contributed by atoms with van der Waals surface area (Å²) in [5.41, 5.74) is -3.23. The Bertz CT molecular complexity index is 779. The summed E-state index contributed by atoms with van der Waals surface area (Å²) in [7, 11) is 0. The summed E-state index contributed by atoms with van der Waals surface area (Å²) in [6.07, 6.45) is 0.680. The molecule has 6 nitrogen and oxygen atoms in total. The molecule has 0 amide bonds. The second-order valence-electron chi connectivity index (χ2n) is 3.57. The van der Waals surface area contributed by atoms with Crippen molar-refractivity contribution < 1.29 is 18.7 Å².